The number of fused-ring (bicyclic) bond motifs is 5. The van der Waals surface area contributed by atoms with Gasteiger partial charge in [0.1, 0.15) is 0 Å². The predicted molar refractivity (Wildman–Crippen MR) is 172 cm³/mol. The van der Waals surface area contributed by atoms with E-state index in [0.717, 1.165) is 41.9 Å². The fourth-order valence-corrected chi connectivity index (χ4v) is 11.4. The van der Waals surface area contributed by atoms with Crippen LogP contribution in [0.4, 0.5) is 0 Å². The van der Waals surface area contributed by atoms with Crippen LogP contribution in [0.3, 0.4) is 0 Å². The second-order valence-electron chi connectivity index (χ2n) is 15.9. The first-order chi connectivity index (χ1) is 19.0. The standard InChI is InChI=1S/C37H59O2P/c1-9-38-40(31-13-11-10-12-14-31)39-30-19-21-36(7)28(23-30)15-17-32-33-18-16-29(37(33,8)22-20-34(32)36)25-35(5,6)24-27(4)26(2)3/h10-15,26-27,29-30,32-34H,9,16-25H2,1-8H3. The molecule has 1 aromatic rings. The van der Waals surface area contributed by atoms with Crippen LogP contribution in [0.5, 0.6) is 0 Å². The molecule has 4 aliphatic rings. The van der Waals surface area contributed by atoms with Crippen LogP contribution < -0.4 is 5.30 Å². The largest absolute Gasteiger partial charge is 0.331 e. The van der Waals surface area contributed by atoms with Crippen molar-refractivity contribution in [1.82, 2.24) is 0 Å². The molecule has 0 radical (unpaired) electrons. The van der Waals surface area contributed by atoms with Gasteiger partial charge in [-0.3, -0.25) is 0 Å². The minimum Gasteiger partial charge on any atom is -0.331 e. The summed E-state index contributed by atoms with van der Waals surface area (Å²) in [5.74, 6) is 5.18. The van der Waals surface area contributed by atoms with Crippen molar-refractivity contribution in [3.05, 3.63) is 42.0 Å². The smallest absolute Gasteiger partial charge is 0.205 e. The van der Waals surface area contributed by atoms with Crippen LogP contribution in [0, 0.1) is 51.8 Å². The lowest BCUT2D eigenvalue weighted by atomic mass is 9.47. The molecule has 5 rings (SSSR count). The topological polar surface area (TPSA) is 18.5 Å². The number of rotatable bonds is 10. The Bertz CT molecular complexity index is 1020. The van der Waals surface area contributed by atoms with Crippen molar-refractivity contribution in [1.29, 1.82) is 0 Å². The van der Waals surface area contributed by atoms with E-state index < -0.39 is 8.38 Å². The Labute approximate surface area is 248 Å². The Morgan fingerprint density at radius 2 is 1.73 bits per heavy atom. The zero-order valence-corrected chi connectivity index (χ0v) is 27.9. The van der Waals surface area contributed by atoms with Crippen LogP contribution in [-0.4, -0.2) is 12.7 Å². The molecule has 9 unspecified atom stereocenters. The van der Waals surface area contributed by atoms with E-state index in [-0.39, 0.29) is 6.10 Å². The van der Waals surface area contributed by atoms with Crippen LogP contribution in [0.25, 0.3) is 0 Å². The van der Waals surface area contributed by atoms with Crippen LogP contribution in [0.2, 0.25) is 0 Å². The Hall–Kier alpha value is -0.690. The average molecular weight is 567 g/mol. The molecule has 3 fully saturated rings. The summed E-state index contributed by atoms with van der Waals surface area (Å²) in [6, 6.07) is 10.6. The molecule has 3 heteroatoms. The average Bonchev–Trinajstić information content (AvgIpc) is 3.24. The molecule has 40 heavy (non-hydrogen) atoms. The lowest BCUT2D eigenvalue weighted by Gasteiger charge is -2.58. The molecule has 0 N–H and O–H groups in total. The summed E-state index contributed by atoms with van der Waals surface area (Å²) >= 11 is 0. The summed E-state index contributed by atoms with van der Waals surface area (Å²) in [6.45, 7) is 20.6. The minimum atomic E-state index is -1.00. The van der Waals surface area contributed by atoms with E-state index >= 15 is 0 Å². The molecular weight excluding hydrogens is 507 g/mol. The number of hydrogen-bond donors (Lipinski definition) is 0. The van der Waals surface area contributed by atoms with Gasteiger partial charge in [0.25, 0.3) is 0 Å². The lowest BCUT2D eigenvalue weighted by molar-refractivity contribution is -0.0540. The van der Waals surface area contributed by atoms with Gasteiger partial charge in [0.05, 0.1) is 12.7 Å². The molecular formula is C37H59O2P. The molecule has 0 heterocycles. The zero-order chi connectivity index (χ0) is 28.7. The van der Waals surface area contributed by atoms with Crippen LogP contribution >= 0.6 is 8.38 Å². The number of hydrogen-bond acceptors (Lipinski definition) is 2. The predicted octanol–water partition coefficient (Wildman–Crippen LogP) is 10.7. The van der Waals surface area contributed by atoms with Gasteiger partial charge in [-0.2, -0.15) is 0 Å². The van der Waals surface area contributed by atoms with E-state index in [0.29, 0.717) is 22.9 Å². The van der Waals surface area contributed by atoms with Crippen LogP contribution in [0.15, 0.2) is 42.0 Å². The van der Waals surface area contributed by atoms with Crippen molar-refractivity contribution >= 4 is 13.7 Å². The normalized spacial score (nSPS) is 37.3. The highest BCUT2D eigenvalue weighted by atomic mass is 31.2. The van der Waals surface area contributed by atoms with Gasteiger partial charge in [-0.05, 0) is 135 Å². The molecule has 0 amide bonds. The Kier molecular flexibility index (Phi) is 9.33. The van der Waals surface area contributed by atoms with Crippen molar-refractivity contribution in [2.45, 2.75) is 126 Å². The molecule has 3 saturated carbocycles. The second kappa shape index (κ2) is 12.1. The molecule has 2 nitrogen and oxygen atoms in total. The molecule has 1 aromatic carbocycles. The third kappa shape index (κ3) is 6.03. The maximum Gasteiger partial charge on any atom is 0.205 e. The van der Waals surface area contributed by atoms with Gasteiger partial charge < -0.3 is 9.05 Å². The Morgan fingerprint density at radius 1 is 0.975 bits per heavy atom. The van der Waals surface area contributed by atoms with E-state index in [1.54, 1.807) is 5.57 Å². The molecule has 0 saturated heterocycles. The van der Waals surface area contributed by atoms with Gasteiger partial charge >= 0.3 is 0 Å². The van der Waals surface area contributed by atoms with E-state index in [2.05, 4.69) is 91.8 Å². The highest BCUT2D eigenvalue weighted by Crippen LogP contribution is 2.67. The minimum absolute atomic E-state index is 0.286. The molecule has 0 aromatic heterocycles. The number of benzene rings is 1. The number of allylic oxidation sites excluding steroid dienone is 1. The summed E-state index contributed by atoms with van der Waals surface area (Å²) in [7, 11) is -1.00. The third-order valence-electron chi connectivity index (χ3n) is 12.5. The maximum atomic E-state index is 6.74. The first-order valence-electron chi connectivity index (χ1n) is 16.8. The Balaban J connectivity index is 1.27. The van der Waals surface area contributed by atoms with Crippen molar-refractivity contribution in [3.63, 3.8) is 0 Å². The van der Waals surface area contributed by atoms with Crippen LogP contribution in [-0.2, 0) is 9.05 Å². The summed E-state index contributed by atoms with van der Waals surface area (Å²) in [5, 5.41) is 1.20. The van der Waals surface area contributed by atoms with Crippen molar-refractivity contribution in [3.8, 4) is 0 Å². The lowest BCUT2D eigenvalue weighted by Crippen LogP contribution is -2.50. The van der Waals surface area contributed by atoms with Crippen molar-refractivity contribution < 1.29 is 9.05 Å². The Morgan fingerprint density at radius 3 is 2.42 bits per heavy atom. The molecule has 0 bridgehead atoms. The highest BCUT2D eigenvalue weighted by Gasteiger charge is 2.59. The van der Waals surface area contributed by atoms with Gasteiger partial charge in [0.2, 0.25) is 8.38 Å². The summed E-state index contributed by atoms with van der Waals surface area (Å²) in [5.41, 5.74) is 3.08. The van der Waals surface area contributed by atoms with Crippen LogP contribution in [0.1, 0.15) is 120 Å². The van der Waals surface area contributed by atoms with Gasteiger partial charge in [-0.1, -0.05) is 78.3 Å². The van der Waals surface area contributed by atoms with Gasteiger partial charge in [-0.25, -0.2) is 0 Å². The third-order valence-corrected chi connectivity index (χ3v) is 14.2. The van der Waals surface area contributed by atoms with E-state index in [1.807, 2.05) is 0 Å². The van der Waals surface area contributed by atoms with Gasteiger partial charge in [-0.15, -0.1) is 0 Å². The molecule has 0 spiro atoms. The van der Waals surface area contributed by atoms with E-state index in [9.17, 15) is 0 Å². The molecule has 0 aliphatic heterocycles. The summed E-state index contributed by atoms with van der Waals surface area (Å²) in [6.07, 6.45) is 16.5. The quantitative estimate of drug-likeness (QED) is 0.207. The fourth-order valence-electron chi connectivity index (χ4n) is 9.99. The molecule has 9 atom stereocenters. The summed E-state index contributed by atoms with van der Waals surface area (Å²) < 4.78 is 12.9. The molecule has 4 aliphatic carbocycles. The maximum absolute atomic E-state index is 6.74. The van der Waals surface area contributed by atoms with Gasteiger partial charge in [0, 0.05) is 5.30 Å². The highest BCUT2D eigenvalue weighted by molar-refractivity contribution is 7.56. The second-order valence-corrected chi connectivity index (χ2v) is 17.4. The van der Waals surface area contributed by atoms with Crippen molar-refractivity contribution in [2.75, 3.05) is 6.61 Å². The monoisotopic (exact) mass is 566 g/mol. The van der Waals surface area contributed by atoms with Gasteiger partial charge in [0.15, 0.2) is 0 Å². The molecule has 224 valence electrons. The van der Waals surface area contributed by atoms with Crippen molar-refractivity contribution in [2.24, 2.45) is 51.8 Å². The SMILES string of the molecule is CCOP(OC1CCC2(C)C(=CCC3C2CCC2(C)C(CC(C)(C)CC(C)C(C)C)CCC32)C1)c1ccccc1. The fraction of sp³-hybridized carbons (Fsp3) is 0.784. The van der Waals surface area contributed by atoms with E-state index in [1.165, 1.54) is 63.1 Å². The zero-order valence-electron chi connectivity index (χ0n) is 27.0. The first-order valence-corrected chi connectivity index (χ1v) is 18.0. The van der Waals surface area contributed by atoms with E-state index in [4.69, 9.17) is 9.05 Å². The summed E-state index contributed by atoms with van der Waals surface area (Å²) in [4.78, 5) is 0. The first kappa shape index (κ1) is 30.8.